The molecule has 0 fully saturated rings. The molecule has 156 valence electrons. The van der Waals surface area contributed by atoms with Crippen LogP contribution in [0.5, 0.6) is 5.75 Å². The standard InChI is InChI=1S/C21H30N2O4.ClH/c1-14(2)23(15(3)4)12-11-16-13-22-17-7-5-8-18(21(16)17)27-20(26)10-6-9-19(24)25;/h5,7-8,13-15,22H,6,9-12H2,1-4H3,(H,24,25);1H. The van der Waals surface area contributed by atoms with Gasteiger partial charge in [-0.2, -0.15) is 0 Å². The predicted octanol–water partition coefficient (Wildman–Crippen LogP) is 4.41. The minimum atomic E-state index is -0.905. The number of hydrogen-bond acceptors (Lipinski definition) is 4. The largest absolute Gasteiger partial charge is 0.481 e. The van der Waals surface area contributed by atoms with E-state index in [0.717, 1.165) is 29.4 Å². The Morgan fingerprint density at radius 2 is 1.82 bits per heavy atom. The molecule has 0 aliphatic rings. The Bertz CT molecular complexity index is 778. The third-order valence-corrected chi connectivity index (χ3v) is 4.71. The number of nitrogens with one attached hydrogen (secondary N) is 1. The minimum absolute atomic E-state index is 0. The highest BCUT2D eigenvalue weighted by Crippen LogP contribution is 2.30. The Kier molecular flexibility index (Phi) is 9.49. The molecule has 1 aromatic carbocycles. The molecule has 1 aromatic heterocycles. The van der Waals surface area contributed by atoms with Crippen LogP contribution in [-0.4, -0.2) is 45.6 Å². The predicted molar refractivity (Wildman–Crippen MR) is 113 cm³/mol. The van der Waals surface area contributed by atoms with Gasteiger partial charge >= 0.3 is 11.9 Å². The number of carbonyl (C=O) groups excluding carboxylic acids is 1. The average Bonchev–Trinajstić information content (AvgIpc) is 2.98. The van der Waals surface area contributed by atoms with E-state index >= 15 is 0 Å². The van der Waals surface area contributed by atoms with Crippen LogP contribution in [0.15, 0.2) is 24.4 Å². The first-order valence-corrected chi connectivity index (χ1v) is 9.56. The van der Waals surface area contributed by atoms with Crippen LogP contribution < -0.4 is 4.74 Å². The molecule has 0 radical (unpaired) electrons. The molecule has 2 N–H and O–H groups in total. The molecule has 0 spiro atoms. The van der Waals surface area contributed by atoms with E-state index in [1.807, 2.05) is 18.3 Å². The van der Waals surface area contributed by atoms with Crippen LogP contribution in [0, 0.1) is 0 Å². The van der Waals surface area contributed by atoms with E-state index in [4.69, 9.17) is 9.84 Å². The molecule has 0 bridgehead atoms. The number of rotatable bonds is 10. The molecule has 0 atom stereocenters. The van der Waals surface area contributed by atoms with E-state index in [1.165, 1.54) is 0 Å². The van der Waals surface area contributed by atoms with E-state index in [1.54, 1.807) is 6.07 Å². The van der Waals surface area contributed by atoms with Crippen molar-refractivity contribution in [2.45, 2.75) is 65.5 Å². The highest BCUT2D eigenvalue weighted by molar-refractivity contribution is 5.91. The van der Waals surface area contributed by atoms with Gasteiger partial charge in [0, 0.05) is 48.6 Å². The second kappa shape index (κ2) is 11.1. The molecule has 0 saturated carbocycles. The fraction of sp³-hybridized carbons (Fsp3) is 0.524. The van der Waals surface area contributed by atoms with Crippen LogP contribution >= 0.6 is 12.4 Å². The summed E-state index contributed by atoms with van der Waals surface area (Å²) in [6, 6.07) is 6.51. The molecule has 6 nitrogen and oxygen atoms in total. The summed E-state index contributed by atoms with van der Waals surface area (Å²) in [5.41, 5.74) is 2.05. The topological polar surface area (TPSA) is 82.6 Å². The van der Waals surface area contributed by atoms with Crippen molar-refractivity contribution in [2.24, 2.45) is 0 Å². The number of esters is 1. The quantitative estimate of drug-likeness (QED) is 0.447. The Labute approximate surface area is 172 Å². The molecule has 0 unspecified atom stereocenters. The number of carbonyl (C=O) groups is 2. The highest BCUT2D eigenvalue weighted by Gasteiger charge is 2.17. The summed E-state index contributed by atoms with van der Waals surface area (Å²) in [6.07, 6.45) is 3.17. The number of halogens is 1. The monoisotopic (exact) mass is 410 g/mol. The first-order chi connectivity index (χ1) is 12.8. The van der Waals surface area contributed by atoms with Gasteiger partial charge < -0.3 is 14.8 Å². The second-order valence-electron chi connectivity index (χ2n) is 7.39. The number of benzene rings is 1. The number of H-pyrrole nitrogens is 1. The van der Waals surface area contributed by atoms with E-state index < -0.39 is 11.9 Å². The number of ether oxygens (including phenoxy) is 1. The van der Waals surface area contributed by atoms with Crippen LogP contribution in [0.2, 0.25) is 0 Å². The molecular formula is C21H31ClN2O4. The molecule has 7 heteroatoms. The lowest BCUT2D eigenvalue weighted by atomic mass is 10.1. The van der Waals surface area contributed by atoms with E-state index in [0.29, 0.717) is 17.8 Å². The first-order valence-electron chi connectivity index (χ1n) is 9.56. The Morgan fingerprint density at radius 3 is 2.43 bits per heavy atom. The molecule has 2 rings (SSSR count). The van der Waals surface area contributed by atoms with Crippen molar-refractivity contribution < 1.29 is 19.4 Å². The normalized spacial score (nSPS) is 11.2. The van der Waals surface area contributed by atoms with Crippen molar-refractivity contribution in [2.75, 3.05) is 6.54 Å². The molecule has 0 aliphatic heterocycles. The lowest BCUT2D eigenvalue weighted by molar-refractivity contribution is -0.137. The fourth-order valence-corrected chi connectivity index (χ4v) is 3.42. The van der Waals surface area contributed by atoms with Crippen molar-refractivity contribution in [3.63, 3.8) is 0 Å². The number of aromatic amines is 1. The van der Waals surface area contributed by atoms with Crippen molar-refractivity contribution in [3.8, 4) is 5.75 Å². The molecular weight excluding hydrogens is 380 g/mol. The smallest absolute Gasteiger partial charge is 0.311 e. The van der Waals surface area contributed by atoms with Gasteiger partial charge in [-0.05, 0) is 58.2 Å². The number of aromatic nitrogens is 1. The van der Waals surface area contributed by atoms with Gasteiger partial charge in [0.05, 0.1) is 0 Å². The van der Waals surface area contributed by atoms with E-state index in [-0.39, 0.29) is 31.7 Å². The van der Waals surface area contributed by atoms with Gasteiger partial charge in [0.25, 0.3) is 0 Å². The van der Waals surface area contributed by atoms with Gasteiger partial charge in [-0.15, -0.1) is 12.4 Å². The molecule has 28 heavy (non-hydrogen) atoms. The number of aliphatic carboxylic acids is 1. The zero-order valence-electron chi connectivity index (χ0n) is 17.0. The van der Waals surface area contributed by atoms with Gasteiger partial charge in [-0.3, -0.25) is 14.5 Å². The maximum absolute atomic E-state index is 12.1. The van der Waals surface area contributed by atoms with Gasteiger partial charge in [0.2, 0.25) is 0 Å². The van der Waals surface area contributed by atoms with Crippen LogP contribution in [-0.2, 0) is 16.0 Å². The van der Waals surface area contributed by atoms with Crippen LogP contribution in [0.25, 0.3) is 10.9 Å². The third kappa shape index (κ3) is 6.53. The number of carboxylic acids is 1. The van der Waals surface area contributed by atoms with Gasteiger partial charge in [-0.1, -0.05) is 6.07 Å². The van der Waals surface area contributed by atoms with Crippen molar-refractivity contribution in [3.05, 3.63) is 30.0 Å². The Hall–Kier alpha value is -2.05. The van der Waals surface area contributed by atoms with Gasteiger partial charge in [0.1, 0.15) is 5.75 Å². The third-order valence-electron chi connectivity index (χ3n) is 4.71. The molecule has 0 aliphatic carbocycles. The van der Waals surface area contributed by atoms with E-state index in [9.17, 15) is 9.59 Å². The molecule has 1 heterocycles. The van der Waals surface area contributed by atoms with Crippen molar-refractivity contribution >= 4 is 35.2 Å². The van der Waals surface area contributed by atoms with Gasteiger partial charge in [0.15, 0.2) is 0 Å². The summed E-state index contributed by atoms with van der Waals surface area (Å²) in [4.78, 5) is 28.4. The summed E-state index contributed by atoms with van der Waals surface area (Å²) < 4.78 is 5.54. The zero-order valence-corrected chi connectivity index (χ0v) is 17.8. The lowest BCUT2D eigenvalue weighted by Gasteiger charge is -2.30. The van der Waals surface area contributed by atoms with Crippen LogP contribution in [0.3, 0.4) is 0 Å². The zero-order chi connectivity index (χ0) is 20.0. The SMILES string of the molecule is CC(C)N(CCc1c[nH]c2cccc(OC(=O)CCCC(=O)O)c12)C(C)C.Cl. The number of carboxylic acid groups (broad SMARTS) is 1. The van der Waals surface area contributed by atoms with E-state index in [2.05, 4.69) is 37.6 Å². The summed E-state index contributed by atoms with van der Waals surface area (Å²) >= 11 is 0. The summed E-state index contributed by atoms with van der Waals surface area (Å²) in [5.74, 6) is -0.774. The van der Waals surface area contributed by atoms with Gasteiger partial charge in [-0.25, -0.2) is 0 Å². The minimum Gasteiger partial charge on any atom is -0.481 e. The Balaban J connectivity index is 0.00000392. The lowest BCUT2D eigenvalue weighted by Crippen LogP contribution is -2.38. The van der Waals surface area contributed by atoms with Crippen LogP contribution in [0.4, 0.5) is 0 Å². The highest BCUT2D eigenvalue weighted by atomic mass is 35.5. The van der Waals surface area contributed by atoms with Crippen molar-refractivity contribution in [1.82, 2.24) is 9.88 Å². The molecule has 2 aromatic rings. The summed E-state index contributed by atoms with van der Waals surface area (Å²) in [5, 5.41) is 9.61. The van der Waals surface area contributed by atoms with Crippen LogP contribution in [0.1, 0.15) is 52.5 Å². The molecule has 0 saturated heterocycles. The Morgan fingerprint density at radius 1 is 1.14 bits per heavy atom. The first kappa shape index (κ1) is 24.0. The fourth-order valence-electron chi connectivity index (χ4n) is 3.42. The number of hydrogen-bond donors (Lipinski definition) is 2. The summed E-state index contributed by atoms with van der Waals surface area (Å²) in [6.45, 7) is 9.70. The molecule has 0 amide bonds. The average molecular weight is 411 g/mol. The summed E-state index contributed by atoms with van der Waals surface area (Å²) in [7, 11) is 0. The second-order valence-corrected chi connectivity index (χ2v) is 7.39. The van der Waals surface area contributed by atoms with Crippen molar-refractivity contribution in [1.29, 1.82) is 0 Å². The maximum Gasteiger partial charge on any atom is 0.311 e. The number of fused-ring (bicyclic) bond motifs is 1. The maximum atomic E-state index is 12.1. The number of nitrogens with zero attached hydrogens (tertiary/aromatic N) is 1.